The van der Waals surface area contributed by atoms with Gasteiger partial charge in [-0.1, -0.05) is 23.7 Å². The van der Waals surface area contributed by atoms with E-state index in [-0.39, 0.29) is 12.3 Å². The van der Waals surface area contributed by atoms with Crippen molar-refractivity contribution in [3.05, 3.63) is 70.2 Å². The Bertz CT molecular complexity index is 983. The maximum Gasteiger partial charge on any atom is 0.375 e. The minimum absolute atomic E-state index is 0.0479. The summed E-state index contributed by atoms with van der Waals surface area (Å²) >= 11 is 5.87. The highest BCUT2D eigenvalue weighted by atomic mass is 35.5. The lowest BCUT2D eigenvalue weighted by Gasteiger charge is -2.06. The van der Waals surface area contributed by atoms with Gasteiger partial charge in [0.15, 0.2) is 6.61 Å². The number of carbonyl (C=O) groups excluding carboxylic acids is 2. The normalized spacial score (nSPS) is 10.7. The molecule has 0 saturated carbocycles. The molecule has 0 aliphatic rings. The SMILES string of the molecule is Cc1c(C(=O)OCC(=O)NCc2cccc(Cl)c2)oc2ccc(F)cc12. The third-order valence-corrected chi connectivity index (χ3v) is 4.03. The summed E-state index contributed by atoms with van der Waals surface area (Å²) in [6.45, 7) is 1.44. The van der Waals surface area contributed by atoms with Crippen LogP contribution in [0, 0.1) is 12.7 Å². The van der Waals surface area contributed by atoms with E-state index in [1.807, 2.05) is 6.07 Å². The van der Waals surface area contributed by atoms with E-state index in [9.17, 15) is 14.0 Å². The summed E-state index contributed by atoms with van der Waals surface area (Å²) in [5.74, 6) is -1.72. The van der Waals surface area contributed by atoms with E-state index < -0.39 is 24.3 Å². The molecule has 0 saturated heterocycles. The van der Waals surface area contributed by atoms with Crippen LogP contribution in [0.15, 0.2) is 46.9 Å². The van der Waals surface area contributed by atoms with Crippen molar-refractivity contribution >= 4 is 34.4 Å². The van der Waals surface area contributed by atoms with Gasteiger partial charge in [0.1, 0.15) is 11.4 Å². The maximum absolute atomic E-state index is 13.3. The number of aryl methyl sites for hydroxylation is 1. The van der Waals surface area contributed by atoms with Crippen molar-refractivity contribution in [1.29, 1.82) is 0 Å². The summed E-state index contributed by atoms with van der Waals surface area (Å²) in [5.41, 5.74) is 1.66. The molecule has 3 aromatic rings. The number of esters is 1. The van der Waals surface area contributed by atoms with E-state index in [1.165, 1.54) is 18.2 Å². The average molecular weight is 376 g/mol. The zero-order chi connectivity index (χ0) is 18.7. The number of halogens is 2. The van der Waals surface area contributed by atoms with Gasteiger partial charge in [-0.15, -0.1) is 0 Å². The van der Waals surface area contributed by atoms with Crippen LogP contribution in [0.25, 0.3) is 11.0 Å². The molecule has 2 aromatic carbocycles. The van der Waals surface area contributed by atoms with Crippen LogP contribution in [-0.2, 0) is 16.1 Å². The maximum atomic E-state index is 13.3. The Morgan fingerprint density at radius 3 is 2.81 bits per heavy atom. The molecule has 0 bridgehead atoms. The third-order valence-electron chi connectivity index (χ3n) is 3.80. The molecule has 0 unspecified atom stereocenters. The second kappa shape index (κ2) is 7.58. The van der Waals surface area contributed by atoms with E-state index >= 15 is 0 Å². The molecular weight excluding hydrogens is 361 g/mol. The van der Waals surface area contributed by atoms with Crippen molar-refractivity contribution in [1.82, 2.24) is 5.32 Å². The van der Waals surface area contributed by atoms with Gasteiger partial charge in [0.05, 0.1) is 0 Å². The fourth-order valence-electron chi connectivity index (χ4n) is 2.48. The van der Waals surface area contributed by atoms with Gasteiger partial charge in [-0.25, -0.2) is 9.18 Å². The number of ether oxygens (including phenoxy) is 1. The molecule has 1 amide bonds. The van der Waals surface area contributed by atoms with Crippen molar-refractivity contribution in [3.8, 4) is 0 Å². The Balaban J connectivity index is 1.58. The molecule has 3 rings (SSSR count). The lowest BCUT2D eigenvalue weighted by atomic mass is 10.1. The molecule has 0 spiro atoms. The quantitative estimate of drug-likeness (QED) is 0.684. The van der Waals surface area contributed by atoms with Crippen LogP contribution in [0.2, 0.25) is 5.02 Å². The molecular formula is C19H15ClFNO4. The molecule has 134 valence electrons. The van der Waals surface area contributed by atoms with Crippen molar-refractivity contribution in [3.63, 3.8) is 0 Å². The monoisotopic (exact) mass is 375 g/mol. The Labute approximate surface area is 153 Å². The second-order valence-corrected chi connectivity index (χ2v) is 6.12. The lowest BCUT2D eigenvalue weighted by Crippen LogP contribution is -2.28. The predicted octanol–water partition coefficient (Wildman–Crippen LogP) is 4.01. The van der Waals surface area contributed by atoms with Crippen LogP contribution in [0.4, 0.5) is 4.39 Å². The Hall–Kier alpha value is -2.86. The molecule has 26 heavy (non-hydrogen) atoms. The Morgan fingerprint density at radius 1 is 1.23 bits per heavy atom. The van der Waals surface area contributed by atoms with Gasteiger partial charge in [0, 0.05) is 22.5 Å². The molecule has 1 aromatic heterocycles. The zero-order valence-corrected chi connectivity index (χ0v) is 14.6. The van der Waals surface area contributed by atoms with Crippen molar-refractivity contribution < 1.29 is 23.1 Å². The van der Waals surface area contributed by atoms with Gasteiger partial charge in [0.25, 0.3) is 5.91 Å². The van der Waals surface area contributed by atoms with E-state index in [0.29, 0.717) is 21.6 Å². The highest BCUT2D eigenvalue weighted by molar-refractivity contribution is 6.30. The number of furan rings is 1. The van der Waals surface area contributed by atoms with Gasteiger partial charge < -0.3 is 14.5 Å². The number of hydrogen-bond donors (Lipinski definition) is 1. The molecule has 0 atom stereocenters. The number of benzene rings is 2. The van der Waals surface area contributed by atoms with E-state index in [2.05, 4.69) is 5.32 Å². The number of hydrogen-bond acceptors (Lipinski definition) is 4. The van der Waals surface area contributed by atoms with Crippen LogP contribution in [0.1, 0.15) is 21.7 Å². The molecule has 0 fully saturated rings. The van der Waals surface area contributed by atoms with Crippen LogP contribution in [0.5, 0.6) is 0 Å². The van der Waals surface area contributed by atoms with Crippen LogP contribution in [0.3, 0.4) is 0 Å². The summed E-state index contributed by atoms with van der Waals surface area (Å²) in [5, 5.41) is 3.68. The van der Waals surface area contributed by atoms with E-state index in [1.54, 1.807) is 25.1 Å². The van der Waals surface area contributed by atoms with Gasteiger partial charge >= 0.3 is 5.97 Å². The van der Waals surface area contributed by atoms with Crippen LogP contribution < -0.4 is 5.32 Å². The fraction of sp³-hybridized carbons (Fsp3) is 0.158. The third kappa shape index (κ3) is 4.03. The molecule has 0 aliphatic carbocycles. The second-order valence-electron chi connectivity index (χ2n) is 5.68. The first-order valence-electron chi connectivity index (χ1n) is 7.81. The highest BCUT2D eigenvalue weighted by Gasteiger charge is 2.20. The Kier molecular flexibility index (Phi) is 5.23. The summed E-state index contributed by atoms with van der Waals surface area (Å²) in [6.07, 6.45) is 0. The van der Waals surface area contributed by atoms with Crippen LogP contribution in [-0.4, -0.2) is 18.5 Å². The molecule has 1 N–H and O–H groups in total. The molecule has 1 heterocycles. The predicted molar refractivity (Wildman–Crippen MR) is 94.5 cm³/mol. The molecule has 0 radical (unpaired) electrons. The van der Waals surface area contributed by atoms with Gasteiger partial charge in [-0.3, -0.25) is 4.79 Å². The van der Waals surface area contributed by atoms with Crippen molar-refractivity contribution in [2.75, 3.05) is 6.61 Å². The van der Waals surface area contributed by atoms with Crippen molar-refractivity contribution in [2.45, 2.75) is 13.5 Å². The van der Waals surface area contributed by atoms with Crippen molar-refractivity contribution in [2.24, 2.45) is 0 Å². The summed E-state index contributed by atoms with van der Waals surface area (Å²) in [4.78, 5) is 24.0. The van der Waals surface area contributed by atoms with Gasteiger partial charge in [-0.05, 0) is 42.8 Å². The van der Waals surface area contributed by atoms with Crippen LogP contribution >= 0.6 is 11.6 Å². The number of rotatable bonds is 5. The van der Waals surface area contributed by atoms with Gasteiger partial charge in [0.2, 0.25) is 5.76 Å². The number of nitrogens with one attached hydrogen (secondary N) is 1. The number of carbonyl (C=O) groups is 2. The summed E-state index contributed by atoms with van der Waals surface area (Å²) in [7, 11) is 0. The summed E-state index contributed by atoms with van der Waals surface area (Å²) in [6, 6.07) is 11.0. The standard InChI is InChI=1S/C19H15ClFNO4/c1-11-15-8-14(21)5-6-16(15)26-18(11)19(24)25-10-17(23)22-9-12-3-2-4-13(20)7-12/h2-8H,9-10H2,1H3,(H,22,23). The molecule has 7 heteroatoms. The largest absolute Gasteiger partial charge is 0.450 e. The van der Waals surface area contributed by atoms with E-state index in [0.717, 1.165) is 5.56 Å². The minimum atomic E-state index is -0.781. The average Bonchev–Trinajstić information content (AvgIpc) is 2.94. The smallest absolute Gasteiger partial charge is 0.375 e. The first-order chi connectivity index (χ1) is 12.4. The minimum Gasteiger partial charge on any atom is -0.450 e. The Morgan fingerprint density at radius 2 is 2.04 bits per heavy atom. The molecule has 5 nitrogen and oxygen atoms in total. The first kappa shape index (κ1) is 17.9. The lowest BCUT2D eigenvalue weighted by molar-refractivity contribution is -0.124. The number of amides is 1. The highest BCUT2D eigenvalue weighted by Crippen LogP contribution is 2.26. The topological polar surface area (TPSA) is 68.5 Å². The first-order valence-corrected chi connectivity index (χ1v) is 8.19. The van der Waals surface area contributed by atoms with E-state index in [4.69, 9.17) is 20.8 Å². The summed E-state index contributed by atoms with van der Waals surface area (Å²) < 4.78 is 23.7. The van der Waals surface area contributed by atoms with Gasteiger partial charge in [-0.2, -0.15) is 0 Å². The fourth-order valence-corrected chi connectivity index (χ4v) is 2.70. The zero-order valence-electron chi connectivity index (χ0n) is 13.8. The number of fused-ring (bicyclic) bond motifs is 1. The molecule has 0 aliphatic heterocycles.